The standard InChI is InChI=1S/C19H19BrClN3O3S/c1-3-27-16-9-6-14(20)12-17(16)28(25,26)23-18(19-22-10-11-24(19)2)13-4-7-15(21)8-5-13/h4-12,18,23H,3H2,1-2H3. The second-order valence-electron chi connectivity index (χ2n) is 6.03. The minimum atomic E-state index is -3.93. The molecule has 1 aromatic heterocycles. The summed E-state index contributed by atoms with van der Waals surface area (Å²) in [4.78, 5) is 4.38. The Kier molecular flexibility index (Phi) is 6.44. The van der Waals surface area contributed by atoms with E-state index in [2.05, 4.69) is 25.6 Å². The molecule has 2 aromatic carbocycles. The molecule has 28 heavy (non-hydrogen) atoms. The summed E-state index contributed by atoms with van der Waals surface area (Å²) in [6.07, 6.45) is 3.38. The summed E-state index contributed by atoms with van der Waals surface area (Å²) in [7, 11) is -2.12. The molecule has 6 nitrogen and oxygen atoms in total. The maximum atomic E-state index is 13.3. The fourth-order valence-corrected chi connectivity index (χ4v) is 4.76. The Morgan fingerprint density at radius 2 is 1.96 bits per heavy atom. The molecule has 1 unspecified atom stereocenters. The molecule has 0 amide bonds. The van der Waals surface area contributed by atoms with E-state index < -0.39 is 16.1 Å². The number of rotatable bonds is 7. The van der Waals surface area contributed by atoms with E-state index in [9.17, 15) is 8.42 Å². The molecule has 0 fully saturated rings. The van der Waals surface area contributed by atoms with Gasteiger partial charge in [0.15, 0.2) is 0 Å². The Bertz CT molecular complexity index is 1070. The largest absolute Gasteiger partial charge is 0.492 e. The van der Waals surface area contributed by atoms with E-state index in [1.54, 1.807) is 60.3 Å². The van der Waals surface area contributed by atoms with Gasteiger partial charge in [-0.2, -0.15) is 4.72 Å². The second-order valence-corrected chi connectivity index (χ2v) is 9.06. The SMILES string of the molecule is CCOc1ccc(Br)cc1S(=O)(=O)NC(c1ccc(Cl)cc1)c1nccn1C. The third-order valence-corrected chi connectivity index (χ3v) is 6.28. The summed E-state index contributed by atoms with van der Waals surface area (Å²) in [6, 6.07) is 11.2. The number of imidazole rings is 1. The zero-order valence-electron chi connectivity index (χ0n) is 15.3. The van der Waals surface area contributed by atoms with Crippen LogP contribution in [-0.4, -0.2) is 24.6 Å². The van der Waals surface area contributed by atoms with Crippen LogP contribution < -0.4 is 9.46 Å². The molecular formula is C19H19BrClN3O3S. The van der Waals surface area contributed by atoms with E-state index in [4.69, 9.17) is 16.3 Å². The third-order valence-electron chi connectivity index (χ3n) is 4.09. The highest BCUT2D eigenvalue weighted by molar-refractivity contribution is 9.10. The van der Waals surface area contributed by atoms with Crippen molar-refractivity contribution in [1.82, 2.24) is 14.3 Å². The lowest BCUT2D eigenvalue weighted by molar-refractivity contribution is 0.331. The highest BCUT2D eigenvalue weighted by atomic mass is 79.9. The van der Waals surface area contributed by atoms with Crippen LogP contribution in [0.25, 0.3) is 0 Å². The maximum absolute atomic E-state index is 13.3. The number of nitrogens with one attached hydrogen (secondary N) is 1. The van der Waals surface area contributed by atoms with Crippen LogP contribution in [0.2, 0.25) is 5.02 Å². The maximum Gasteiger partial charge on any atom is 0.245 e. The molecular weight excluding hydrogens is 466 g/mol. The minimum absolute atomic E-state index is 0.0527. The van der Waals surface area contributed by atoms with Crippen LogP contribution >= 0.6 is 27.5 Å². The van der Waals surface area contributed by atoms with Crippen LogP contribution in [-0.2, 0) is 17.1 Å². The zero-order valence-corrected chi connectivity index (χ0v) is 18.4. The lowest BCUT2D eigenvalue weighted by Crippen LogP contribution is -2.31. The van der Waals surface area contributed by atoms with Gasteiger partial charge >= 0.3 is 0 Å². The average molecular weight is 485 g/mol. The molecule has 3 aromatic rings. The molecule has 1 N–H and O–H groups in total. The fraction of sp³-hybridized carbons (Fsp3) is 0.211. The first-order valence-electron chi connectivity index (χ1n) is 8.49. The summed E-state index contributed by atoms with van der Waals surface area (Å²) >= 11 is 9.32. The van der Waals surface area contributed by atoms with Crippen molar-refractivity contribution in [1.29, 1.82) is 0 Å². The molecule has 3 rings (SSSR count). The van der Waals surface area contributed by atoms with Gasteiger partial charge in [-0.25, -0.2) is 13.4 Å². The monoisotopic (exact) mass is 483 g/mol. The van der Waals surface area contributed by atoms with Crippen molar-refractivity contribution in [3.8, 4) is 5.75 Å². The van der Waals surface area contributed by atoms with Gasteiger partial charge in [-0.05, 0) is 42.8 Å². The van der Waals surface area contributed by atoms with Crippen LogP contribution in [0.3, 0.4) is 0 Å². The summed E-state index contributed by atoms with van der Waals surface area (Å²) in [5.74, 6) is 0.840. The van der Waals surface area contributed by atoms with Crippen molar-refractivity contribution in [2.24, 2.45) is 7.05 Å². The normalized spacial score (nSPS) is 12.7. The summed E-state index contributed by atoms with van der Waals surface area (Å²) < 4.78 is 37.2. The van der Waals surface area contributed by atoms with Crippen LogP contribution in [0, 0.1) is 0 Å². The Morgan fingerprint density at radius 3 is 2.57 bits per heavy atom. The first kappa shape index (κ1) is 20.9. The lowest BCUT2D eigenvalue weighted by atomic mass is 10.1. The van der Waals surface area contributed by atoms with Gasteiger partial charge in [-0.15, -0.1) is 0 Å². The molecule has 0 aliphatic carbocycles. The van der Waals surface area contributed by atoms with E-state index in [-0.39, 0.29) is 10.6 Å². The van der Waals surface area contributed by atoms with Gasteiger partial charge in [-0.3, -0.25) is 0 Å². The number of aryl methyl sites for hydroxylation is 1. The van der Waals surface area contributed by atoms with Crippen LogP contribution in [0.5, 0.6) is 5.75 Å². The van der Waals surface area contributed by atoms with Crippen molar-refractivity contribution in [3.63, 3.8) is 0 Å². The number of hydrogen-bond donors (Lipinski definition) is 1. The van der Waals surface area contributed by atoms with E-state index in [1.165, 1.54) is 6.07 Å². The third kappa shape index (κ3) is 4.57. The fourth-order valence-electron chi connectivity index (χ4n) is 2.77. The van der Waals surface area contributed by atoms with Gasteiger partial charge in [0.2, 0.25) is 10.0 Å². The first-order chi connectivity index (χ1) is 13.3. The highest BCUT2D eigenvalue weighted by Gasteiger charge is 2.28. The molecule has 0 radical (unpaired) electrons. The van der Waals surface area contributed by atoms with Crippen molar-refractivity contribution in [3.05, 3.63) is 75.7 Å². The molecule has 1 heterocycles. The van der Waals surface area contributed by atoms with Crippen molar-refractivity contribution in [2.45, 2.75) is 17.9 Å². The van der Waals surface area contributed by atoms with Crippen LogP contribution in [0.1, 0.15) is 24.4 Å². The van der Waals surface area contributed by atoms with E-state index >= 15 is 0 Å². The summed E-state index contributed by atoms with van der Waals surface area (Å²) in [5.41, 5.74) is 0.718. The number of aromatic nitrogens is 2. The number of hydrogen-bond acceptors (Lipinski definition) is 4. The minimum Gasteiger partial charge on any atom is -0.492 e. The smallest absolute Gasteiger partial charge is 0.245 e. The molecule has 1 atom stereocenters. The van der Waals surface area contributed by atoms with E-state index in [0.29, 0.717) is 21.9 Å². The van der Waals surface area contributed by atoms with Gasteiger partial charge in [0.05, 0.1) is 6.61 Å². The van der Waals surface area contributed by atoms with Gasteiger partial charge in [0.1, 0.15) is 22.5 Å². The number of sulfonamides is 1. The molecule has 0 spiro atoms. The Morgan fingerprint density at radius 1 is 1.25 bits per heavy atom. The molecule has 148 valence electrons. The van der Waals surface area contributed by atoms with Gasteiger partial charge in [-0.1, -0.05) is 39.7 Å². The Labute approximate surface area is 177 Å². The van der Waals surface area contributed by atoms with Gasteiger partial charge in [0.25, 0.3) is 0 Å². The summed E-state index contributed by atoms with van der Waals surface area (Å²) in [5, 5.41) is 0.566. The molecule has 0 saturated carbocycles. The topological polar surface area (TPSA) is 73.2 Å². The van der Waals surface area contributed by atoms with Gasteiger partial charge in [0, 0.05) is 28.9 Å². The van der Waals surface area contributed by atoms with E-state index in [0.717, 1.165) is 5.56 Å². The molecule has 0 aliphatic heterocycles. The number of halogens is 2. The number of benzene rings is 2. The number of nitrogens with zero attached hydrogens (tertiary/aromatic N) is 2. The van der Waals surface area contributed by atoms with Gasteiger partial charge < -0.3 is 9.30 Å². The Balaban J connectivity index is 2.07. The number of ether oxygens (including phenoxy) is 1. The first-order valence-corrected chi connectivity index (χ1v) is 11.1. The molecule has 0 bridgehead atoms. The zero-order chi connectivity index (χ0) is 20.3. The van der Waals surface area contributed by atoms with Crippen LogP contribution in [0.4, 0.5) is 0 Å². The highest BCUT2D eigenvalue weighted by Crippen LogP contribution is 2.30. The second kappa shape index (κ2) is 8.65. The summed E-state index contributed by atoms with van der Waals surface area (Å²) in [6.45, 7) is 2.15. The van der Waals surface area contributed by atoms with E-state index in [1.807, 2.05) is 7.05 Å². The van der Waals surface area contributed by atoms with Crippen molar-refractivity contribution < 1.29 is 13.2 Å². The quantitative estimate of drug-likeness (QED) is 0.542. The van der Waals surface area contributed by atoms with Crippen molar-refractivity contribution in [2.75, 3.05) is 6.61 Å². The molecule has 0 aliphatic rings. The molecule has 0 saturated heterocycles. The Hall–Kier alpha value is -1.87. The predicted octanol–water partition coefficient (Wildman–Crippen LogP) is 4.30. The van der Waals surface area contributed by atoms with Crippen LogP contribution in [0.15, 0.2) is 64.2 Å². The van der Waals surface area contributed by atoms with Crippen molar-refractivity contribution >= 4 is 37.6 Å². The average Bonchev–Trinajstić information content (AvgIpc) is 3.08. The lowest BCUT2D eigenvalue weighted by Gasteiger charge is -2.20. The predicted molar refractivity (Wildman–Crippen MR) is 112 cm³/mol. The molecule has 9 heteroatoms.